The van der Waals surface area contributed by atoms with Gasteiger partial charge in [-0.3, -0.25) is 0 Å². The Kier molecular flexibility index (Phi) is 2.34. The zero-order valence-electron chi connectivity index (χ0n) is 7.94. The van der Waals surface area contributed by atoms with Gasteiger partial charge in [0.25, 0.3) is 0 Å². The number of hydrogen-bond donors (Lipinski definition) is 1. The van der Waals surface area contributed by atoms with Crippen molar-refractivity contribution in [3.8, 4) is 0 Å². The first-order valence-electron chi connectivity index (χ1n) is 4.70. The third kappa shape index (κ3) is 1.45. The maximum atomic E-state index is 12.1. The minimum Gasteiger partial charge on any atom is -0.320 e. The van der Waals surface area contributed by atoms with Gasteiger partial charge in [-0.25, -0.2) is 0 Å². The summed E-state index contributed by atoms with van der Waals surface area (Å²) in [6.45, 7) is 3.69. The van der Waals surface area contributed by atoms with Gasteiger partial charge in [0, 0.05) is 11.2 Å². The molecule has 0 bridgehead atoms. The Bertz CT molecular complexity index is 376. The van der Waals surface area contributed by atoms with E-state index in [9.17, 15) is 4.57 Å². The maximum Gasteiger partial charge on any atom is 0.123 e. The number of nitrogens with two attached hydrogens (primary N) is 1. The molecule has 1 aliphatic carbocycles. The smallest absolute Gasteiger partial charge is 0.123 e. The van der Waals surface area contributed by atoms with Gasteiger partial charge in [0.1, 0.15) is 7.80 Å². The molecule has 2 nitrogen and oxygen atoms in total. The van der Waals surface area contributed by atoms with Crippen LogP contribution in [-0.2, 0) is 4.57 Å². The molecule has 0 saturated heterocycles. The monoisotopic (exact) mass is 207 g/mol. The molecule has 3 atom stereocenters. The lowest BCUT2D eigenvalue weighted by Gasteiger charge is -2.10. The second-order valence-corrected chi connectivity index (χ2v) is 5.95. The fraction of sp³-hybridized carbons (Fsp3) is 0.273. The highest BCUT2D eigenvalue weighted by molar-refractivity contribution is 7.55. The third-order valence-corrected chi connectivity index (χ3v) is 5.08. The standard InChI is InChI=1S/C11H14NOP/c1-2-9-8-11(9,12)14(13)10-6-4-3-5-7-10/h2-7,9,14H,1,8,12H2/t9-,11+/m1/s1. The van der Waals surface area contributed by atoms with Crippen LogP contribution < -0.4 is 11.0 Å². The molecule has 0 heterocycles. The molecule has 0 amide bonds. The van der Waals surface area contributed by atoms with Gasteiger partial charge in [0.05, 0.1) is 5.28 Å². The molecule has 1 unspecified atom stereocenters. The summed E-state index contributed by atoms with van der Waals surface area (Å²) in [7, 11) is -1.88. The second-order valence-electron chi connectivity index (χ2n) is 3.78. The molecule has 0 aliphatic heterocycles. The predicted octanol–water partition coefficient (Wildman–Crippen LogP) is 1.73. The summed E-state index contributed by atoms with van der Waals surface area (Å²) in [5.41, 5.74) is 6.04. The first-order valence-corrected chi connectivity index (χ1v) is 6.10. The van der Waals surface area contributed by atoms with Crippen LogP contribution in [0.4, 0.5) is 0 Å². The highest BCUT2D eigenvalue weighted by Gasteiger charge is 2.53. The highest BCUT2D eigenvalue weighted by Crippen LogP contribution is 2.57. The molecule has 14 heavy (non-hydrogen) atoms. The molecule has 74 valence electrons. The quantitative estimate of drug-likeness (QED) is 0.606. The Morgan fingerprint density at radius 3 is 2.64 bits per heavy atom. The fourth-order valence-corrected chi connectivity index (χ4v) is 3.61. The minimum absolute atomic E-state index is 0.231. The van der Waals surface area contributed by atoms with Crippen molar-refractivity contribution in [2.75, 3.05) is 0 Å². The van der Waals surface area contributed by atoms with Crippen LogP contribution in [0.15, 0.2) is 43.0 Å². The van der Waals surface area contributed by atoms with Crippen LogP contribution in [0.5, 0.6) is 0 Å². The van der Waals surface area contributed by atoms with Gasteiger partial charge in [0.2, 0.25) is 0 Å². The summed E-state index contributed by atoms with van der Waals surface area (Å²) in [6.07, 6.45) is 2.62. The third-order valence-electron chi connectivity index (χ3n) is 2.80. The van der Waals surface area contributed by atoms with Crippen LogP contribution >= 0.6 is 7.80 Å². The molecular formula is C11H14NOP. The molecule has 2 N–H and O–H groups in total. The largest absolute Gasteiger partial charge is 0.320 e. The molecule has 0 radical (unpaired) electrons. The van der Waals surface area contributed by atoms with Gasteiger partial charge < -0.3 is 10.3 Å². The van der Waals surface area contributed by atoms with E-state index < -0.39 is 13.1 Å². The first kappa shape index (κ1) is 9.70. The fourth-order valence-electron chi connectivity index (χ4n) is 1.72. The number of rotatable bonds is 3. The SMILES string of the molecule is C=C[C@@H]1C[C@]1(N)[PH](=O)c1ccccc1. The molecule has 0 aromatic heterocycles. The first-order chi connectivity index (χ1) is 6.68. The average Bonchev–Trinajstić information content (AvgIpc) is 2.91. The Hall–Kier alpha value is -0.850. The van der Waals surface area contributed by atoms with Gasteiger partial charge in [-0.15, -0.1) is 6.58 Å². The minimum atomic E-state index is -1.88. The van der Waals surface area contributed by atoms with Crippen molar-refractivity contribution in [2.24, 2.45) is 11.7 Å². The van der Waals surface area contributed by atoms with Crippen LogP contribution in [0.25, 0.3) is 0 Å². The maximum absolute atomic E-state index is 12.1. The van der Waals surface area contributed by atoms with Gasteiger partial charge >= 0.3 is 0 Å². The molecule has 2 rings (SSSR count). The van der Waals surface area contributed by atoms with Gasteiger partial charge in [0.15, 0.2) is 0 Å². The van der Waals surface area contributed by atoms with E-state index >= 15 is 0 Å². The Morgan fingerprint density at radius 1 is 1.50 bits per heavy atom. The van der Waals surface area contributed by atoms with E-state index in [0.29, 0.717) is 0 Å². The van der Waals surface area contributed by atoms with Crippen LogP contribution in [-0.4, -0.2) is 5.28 Å². The molecule has 1 fully saturated rings. The molecule has 0 spiro atoms. The Balaban J connectivity index is 2.23. The highest BCUT2D eigenvalue weighted by atomic mass is 31.1. The summed E-state index contributed by atoms with van der Waals surface area (Å²) in [5, 5.41) is 0.387. The predicted molar refractivity (Wildman–Crippen MR) is 60.3 cm³/mol. The van der Waals surface area contributed by atoms with Crippen molar-refractivity contribution in [3.63, 3.8) is 0 Å². The van der Waals surface area contributed by atoms with Crippen molar-refractivity contribution < 1.29 is 4.57 Å². The normalized spacial score (nSPS) is 32.2. The molecule has 1 aromatic carbocycles. The molecule has 1 saturated carbocycles. The van der Waals surface area contributed by atoms with E-state index in [0.717, 1.165) is 11.7 Å². The van der Waals surface area contributed by atoms with E-state index in [1.807, 2.05) is 36.4 Å². The summed E-state index contributed by atoms with van der Waals surface area (Å²) in [6, 6.07) is 9.47. The molecule has 1 aromatic rings. The van der Waals surface area contributed by atoms with Crippen molar-refractivity contribution in [1.82, 2.24) is 0 Å². The van der Waals surface area contributed by atoms with Crippen molar-refractivity contribution in [2.45, 2.75) is 11.7 Å². The zero-order chi connectivity index (χ0) is 10.2. The van der Waals surface area contributed by atoms with Gasteiger partial charge in [-0.2, -0.15) is 0 Å². The van der Waals surface area contributed by atoms with Crippen molar-refractivity contribution in [1.29, 1.82) is 0 Å². The topological polar surface area (TPSA) is 43.1 Å². The van der Waals surface area contributed by atoms with E-state index in [2.05, 4.69) is 6.58 Å². The van der Waals surface area contributed by atoms with E-state index in [1.165, 1.54) is 0 Å². The molecule has 3 heteroatoms. The van der Waals surface area contributed by atoms with Crippen LogP contribution in [0.3, 0.4) is 0 Å². The van der Waals surface area contributed by atoms with E-state index in [4.69, 9.17) is 5.73 Å². The number of hydrogen-bond acceptors (Lipinski definition) is 2. The lowest BCUT2D eigenvalue weighted by Crippen LogP contribution is -2.23. The summed E-state index contributed by atoms with van der Waals surface area (Å²) in [4.78, 5) is 0. The summed E-state index contributed by atoms with van der Waals surface area (Å²) >= 11 is 0. The lowest BCUT2D eigenvalue weighted by atomic mass is 10.4. The van der Waals surface area contributed by atoms with Crippen LogP contribution in [0.1, 0.15) is 6.42 Å². The summed E-state index contributed by atoms with van der Waals surface area (Å²) < 4.78 is 12.1. The second kappa shape index (κ2) is 3.38. The van der Waals surface area contributed by atoms with Gasteiger partial charge in [-0.05, 0) is 6.42 Å². The molecule has 1 aliphatic rings. The van der Waals surface area contributed by atoms with E-state index in [-0.39, 0.29) is 5.92 Å². The number of benzene rings is 1. The zero-order valence-corrected chi connectivity index (χ0v) is 8.94. The Morgan fingerprint density at radius 2 is 2.14 bits per heavy atom. The van der Waals surface area contributed by atoms with E-state index in [1.54, 1.807) is 0 Å². The van der Waals surface area contributed by atoms with Crippen molar-refractivity contribution in [3.05, 3.63) is 43.0 Å². The average molecular weight is 207 g/mol. The van der Waals surface area contributed by atoms with Crippen molar-refractivity contribution >= 4 is 13.1 Å². The summed E-state index contributed by atoms with van der Waals surface area (Å²) in [5.74, 6) is 0.231. The van der Waals surface area contributed by atoms with Crippen LogP contribution in [0, 0.1) is 5.92 Å². The lowest BCUT2D eigenvalue weighted by molar-refractivity contribution is 0.581. The molecular weight excluding hydrogens is 193 g/mol. The van der Waals surface area contributed by atoms with Gasteiger partial charge in [-0.1, -0.05) is 36.4 Å². The Labute approximate surface area is 84.6 Å². The van der Waals surface area contributed by atoms with Crippen LogP contribution in [0.2, 0.25) is 0 Å².